The molecule has 0 amide bonds. The van der Waals surface area contributed by atoms with Crippen LogP contribution in [0.25, 0.3) is 11.1 Å². The van der Waals surface area contributed by atoms with Gasteiger partial charge in [0.15, 0.2) is 11.9 Å². The smallest absolute Gasteiger partial charge is 0.296 e. The summed E-state index contributed by atoms with van der Waals surface area (Å²) in [6.45, 7) is 0. The van der Waals surface area contributed by atoms with Crippen LogP contribution in [0.5, 0.6) is 0 Å². The van der Waals surface area contributed by atoms with Crippen molar-refractivity contribution in [3.63, 3.8) is 0 Å². The second-order valence-corrected chi connectivity index (χ2v) is 8.30. The fourth-order valence-electron chi connectivity index (χ4n) is 6.13. The van der Waals surface area contributed by atoms with E-state index >= 15 is 0 Å². The fourth-order valence-corrected chi connectivity index (χ4v) is 6.13. The largest absolute Gasteiger partial charge is 0.424 e. The summed E-state index contributed by atoms with van der Waals surface area (Å²) in [6, 6.07) is 8.57. The average molecular weight is 336 g/mol. The molecule has 0 saturated heterocycles. The number of hydrogen-bond acceptors (Lipinski definition) is 6. The second kappa shape index (κ2) is 4.59. The molecule has 3 aromatic rings. The van der Waals surface area contributed by atoms with Gasteiger partial charge in [0, 0.05) is 5.54 Å². The summed E-state index contributed by atoms with van der Waals surface area (Å²) in [5, 5.41) is 16.3. The standard InChI is InChI=1S/C18H20N6O/c1-2-4-15-14(3-1)21-16(25-15)22-17-6-12-5-13(7-17)9-18(8-12,10-17)24-20-11-19-23-24/h1-4,11-13H,5-10H2,(H,21,22). The van der Waals surface area contributed by atoms with Gasteiger partial charge >= 0.3 is 0 Å². The van der Waals surface area contributed by atoms with Gasteiger partial charge in [-0.1, -0.05) is 12.1 Å². The first-order chi connectivity index (χ1) is 12.2. The minimum absolute atomic E-state index is 0.000398. The van der Waals surface area contributed by atoms with Gasteiger partial charge in [0.2, 0.25) is 0 Å². The number of nitrogens with zero attached hydrogens (tertiary/aromatic N) is 5. The number of fused-ring (bicyclic) bond motifs is 1. The van der Waals surface area contributed by atoms with Crippen LogP contribution in [0, 0.1) is 11.8 Å². The van der Waals surface area contributed by atoms with Crippen molar-refractivity contribution < 1.29 is 4.42 Å². The Morgan fingerprint density at radius 3 is 2.72 bits per heavy atom. The lowest BCUT2D eigenvalue weighted by Gasteiger charge is -2.61. The highest BCUT2D eigenvalue weighted by Crippen LogP contribution is 2.60. The van der Waals surface area contributed by atoms with E-state index in [1.165, 1.54) is 19.3 Å². The van der Waals surface area contributed by atoms with Gasteiger partial charge in [0.25, 0.3) is 6.01 Å². The van der Waals surface area contributed by atoms with Crippen LogP contribution in [0.15, 0.2) is 35.0 Å². The molecule has 1 aromatic carbocycles. The van der Waals surface area contributed by atoms with Gasteiger partial charge < -0.3 is 9.73 Å². The van der Waals surface area contributed by atoms with Crippen LogP contribution in [0.3, 0.4) is 0 Å². The molecule has 4 saturated carbocycles. The number of oxazole rings is 1. The molecule has 2 aromatic heterocycles. The van der Waals surface area contributed by atoms with Gasteiger partial charge in [-0.05, 0) is 67.7 Å². The Kier molecular flexibility index (Phi) is 2.53. The third-order valence-corrected chi connectivity index (χ3v) is 6.47. The first-order valence-corrected chi connectivity index (χ1v) is 9.09. The zero-order valence-corrected chi connectivity index (χ0v) is 13.9. The summed E-state index contributed by atoms with van der Waals surface area (Å²) in [6.07, 6.45) is 8.58. The molecular weight excluding hydrogens is 316 g/mol. The maximum absolute atomic E-state index is 5.96. The third-order valence-electron chi connectivity index (χ3n) is 6.47. The van der Waals surface area contributed by atoms with Crippen LogP contribution in [-0.4, -0.2) is 30.7 Å². The highest BCUT2D eigenvalue weighted by molar-refractivity contribution is 5.74. The summed E-state index contributed by atoms with van der Waals surface area (Å²) in [4.78, 5) is 6.53. The molecule has 0 radical (unpaired) electrons. The van der Waals surface area contributed by atoms with Crippen LogP contribution in [0.1, 0.15) is 38.5 Å². The van der Waals surface area contributed by atoms with Crippen molar-refractivity contribution in [1.82, 2.24) is 25.2 Å². The second-order valence-electron chi connectivity index (χ2n) is 8.30. The maximum atomic E-state index is 5.96. The lowest BCUT2D eigenvalue weighted by atomic mass is 9.50. The van der Waals surface area contributed by atoms with E-state index in [2.05, 4.69) is 25.7 Å². The predicted molar refractivity (Wildman–Crippen MR) is 90.8 cm³/mol. The average Bonchev–Trinajstić information content (AvgIpc) is 3.22. The number of tetrazole rings is 1. The number of nitrogens with one attached hydrogen (secondary N) is 1. The lowest BCUT2D eigenvalue weighted by molar-refractivity contribution is -0.0639. The van der Waals surface area contributed by atoms with Crippen LogP contribution >= 0.6 is 0 Å². The molecule has 4 fully saturated rings. The summed E-state index contributed by atoms with van der Waals surface area (Å²) in [5.41, 5.74) is 1.77. The SMILES string of the molecule is c1ccc2oc(NC34CC5CC(C3)CC(n3ncnn3)(C5)C4)nc2c1. The minimum atomic E-state index is -0.000398. The first-order valence-electron chi connectivity index (χ1n) is 9.09. The molecule has 4 aliphatic carbocycles. The van der Waals surface area contributed by atoms with E-state index in [1.54, 1.807) is 6.33 Å². The van der Waals surface area contributed by atoms with Gasteiger partial charge in [0.05, 0.1) is 5.54 Å². The Balaban J connectivity index is 1.38. The van der Waals surface area contributed by atoms with Crippen LogP contribution in [0.4, 0.5) is 6.01 Å². The molecule has 25 heavy (non-hydrogen) atoms. The molecule has 4 bridgehead atoms. The lowest BCUT2D eigenvalue weighted by Crippen LogP contribution is -2.63. The molecule has 2 unspecified atom stereocenters. The van der Waals surface area contributed by atoms with Gasteiger partial charge in [-0.3, -0.25) is 0 Å². The van der Waals surface area contributed by atoms with Crippen molar-refractivity contribution in [1.29, 1.82) is 0 Å². The zero-order chi connectivity index (χ0) is 16.5. The molecule has 128 valence electrons. The summed E-state index contributed by atoms with van der Waals surface area (Å²) in [7, 11) is 0. The number of para-hydroxylation sites is 2. The van der Waals surface area contributed by atoms with E-state index in [1.807, 2.05) is 29.1 Å². The van der Waals surface area contributed by atoms with E-state index in [0.29, 0.717) is 17.9 Å². The van der Waals surface area contributed by atoms with Gasteiger partial charge in [0.1, 0.15) is 5.52 Å². The normalized spacial score (nSPS) is 36.2. The van der Waals surface area contributed by atoms with Crippen molar-refractivity contribution in [3.8, 4) is 0 Å². The van der Waals surface area contributed by atoms with Crippen molar-refractivity contribution in [2.45, 2.75) is 49.6 Å². The van der Waals surface area contributed by atoms with E-state index in [0.717, 1.165) is 30.4 Å². The molecule has 4 aliphatic rings. The number of rotatable bonds is 3. The van der Waals surface area contributed by atoms with Crippen molar-refractivity contribution in [2.75, 3.05) is 5.32 Å². The number of hydrogen-bond donors (Lipinski definition) is 1. The number of benzene rings is 1. The monoisotopic (exact) mass is 336 g/mol. The molecule has 0 spiro atoms. The third kappa shape index (κ3) is 1.98. The Morgan fingerprint density at radius 1 is 1.12 bits per heavy atom. The van der Waals surface area contributed by atoms with Crippen LogP contribution in [-0.2, 0) is 5.54 Å². The Bertz CT molecular complexity index is 885. The molecule has 1 N–H and O–H groups in total. The highest BCUT2D eigenvalue weighted by Gasteiger charge is 2.60. The first kappa shape index (κ1) is 13.8. The zero-order valence-electron chi connectivity index (χ0n) is 13.9. The predicted octanol–water partition coefficient (Wildman–Crippen LogP) is 2.97. The Hall–Kier alpha value is -2.44. The maximum Gasteiger partial charge on any atom is 0.296 e. The quantitative estimate of drug-likeness (QED) is 0.792. The van der Waals surface area contributed by atoms with E-state index < -0.39 is 0 Å². The van der Waals surface area contributed by atoms with Gasteiger partial charge in [-0.15, -0.1) is 10.2 Å². The minimum Gasteiger partial charge on any atom is -0.424 e. The molecule has 7 rings (SSSR count). The Morgan fingerprint density at radius 2 is 1.96 bits per heavy atom. The topological polar surface area (TPSA) is 81.7 Å². The molecule has 2 atom stereocenters. The molecular formula is C18H20N6O. The Labute approximate surface area is 144 Å². The van der Waals surface area contributed by atoms with Crippen LogP contribution in [0.2, 0.25) is 0 Å². The van der Waals surface area contributed by atoms with Crippen LogP contribution < -0.4 is 5.32 Å². The number of anilines is 1. The summed E-state index contributed by atoms with van der Waals surface area (Å²) < 4.78 is 5.96. The number of aromatic nitrogens is 5. The molecule has 2 heterocycles. The fraction of sp³-hybridized carbons (Fsp3) is 0.556. The van der Waals surface area contributed by atoms with Gasteiger partial charge in [-0.25, -0.2) is 0 Å². The summed E-state index contributed by atoms with van der Waals surface area (Å²) in [5.74, 6) is 1.42. The van der Waals surface area contributed by atoms with Crippen molar-refractivity contribution >= 4 is 17.1 Å². The molecule has 7 heteroatoms. The molecule has 0 aliphatic heterocycles. The van der Waals surface area contributed by atoms with E-state index in [4.69, 9.17) is 4.42 Å². The van der Waals surface area contributed by atoms with E-state index in [-0.39, 0.29) is 11.1 Å². The van der Waals surface area contributed by atoms with Gasteiger partial charge in [-0.2, -0.15) is 9.78 Å². The van der Waals surface area contributed by atoms with Crippen molar-refractivity contribution in [2.24, 2.45) is 11.8 Å². The highest BCUT2D eigenvalue weighted by atomic mass is 16.4. The molecule has 7 nitrogen and oxygen atoms in total. The van der Waals surface area contributed by atoms with Crippen molar-refractivity contribution in [3.05, 3.63) is 30.6 Å². The van der Waals surface area contributed by atoms with E-state index in [9.17, 15) is 0 Å². The summed E-state index contributed by atoms with van der Waals surface area (Å²) >= 11 is 0.